The number of hydrogen-bond acceptors (Lipinski definition) is 14. The van der Waals surface area contributed by atoms with Crippen molar-refractivity contribution in [2.24, 2.45) is 10.2 Å². The molecule has 2 aromatic carbocycles. The zero-order valence-electron chi connectivity index (χ0n) is 23.5. The molecule has 0 heterocycles. The molecule has 0 saturated heterocycles. The topological polar surface area (TPSA) is 210 Å². The fourth-order valence-electron chi connectivity index (χ4n) is 3.20. The second-order valence-corrected chi connectivity index (χ2v) is 13.4. The molecule has 0 saturated carbocycles. The first kappa shape index (κ1) is 34.8. The Bertz CT molecular complexity index is 1460. The average molecular weight is 639 g/mol. The summed E-state index contributed by atoms with van der Waals surface area (Å²) in [6.07, 6.45) is -0.147. The molecule has 0 aliphatic heterocycles. The van der Waals surface area contributed by atoms with E-state index in [9.17, 15) is 37.7 Å². The Kier molecular flexibility index (Phi) is 13.7. The summed E-state index contributed by atoms with van der Waals surface area (Å²) in [5.74, 6) is -2.51. The van der Waals surface area contributed by atoms with E-state index in [1.54, 1.807) is 6.92 Å². The number of nitrogens with zero attached hydrogens (tertiary/aromatic N) is 3. The van der Waals surface area contributed by atoms with Gasteiger partial charge < -0.3 is 19.6 Å². The van der Waals surface area contributed by atoms with E-state index in [4.69, 9.17) is 9.47 Å². The van der Waals surface area contributed by atoms with Crippen molar-refractivity contribution in [1.29, 1.82) is 0 Å². The average Bonchev–Trinajstić information content (AvgIpc) is 2.93. The number of carbonyl (C=O) groups is 4. The van der Waals surface area contributed by atoms with Gasteiger partial charge in [0.05, 0.1) is 17.8 Å². The van der Waals surface area contributed by atoms with Gasteiger partial charge in [-0.25, -0.2) is 13.2 Å². The van der Waals surface area contributed by atoms with Crippen LogP contribution in [0.25, 0.3) is 0 Å². The predicted molar refractivity (Wildman–Crippen MR) is 155 cm³/mol. The molecule has 232 valence electrons. The molecule has 1 atom stereocenters. The molecule has 0 aromatic heterocycles. The Morgan fingerprint density at radius 2 is 1.72 bits per heavy atom. The van der Waals surface area contributed by atoms with E-state index in [-0.39, 0.29) is 60.4 Å². The standard InChI is InChI=1S/C26H30N4O11S2/c1-4-21(41-30(35)36)16-24(32)40-23-10-9-20(15-22(23)26(34)39-13-14-42-43(3,37)38)29-28-19-7-5-18(6-8-19)25(33)27-12-11-17(2)31/h5-10,15,21H,4,11-14,16H2,1-3H3,(H,27,33)/b29-28+. The highest BCUT2D eigenvalue weighted by Crippen LogP contribution is 2.28. The fraction of sp³-hybridized carbons (Fsp3) is 0.385. The van der Waals surface area contributed by atoms with Crippen LogP contribution >= 0.6 is 10.8 Å². The van der Waals surface area contributed by atoms with E-state index >= 15 is 0 Å². The number of nitrogens with one attached hydrogen (secondary N) is 1. The van der Waals surface area contributed by atoms with Crippen LogP contribution in [0.15, 0.2) is 52.7 Å². The van der Waals surface area contributed by atoms with Crippen LogP contribution in [0.1, 0.15) is 53.8 Å². The number of benzene rings is 2. The highest BCUT2D eigenvalue weighted by molar-refractivity contribution is 8.71. The second kappa shape index (κ2) is 16.9. The molecule has 0 fully saturated rings. The highest BCUT2D eigenvalue weighted by Gasteiger charge is 2.22. The van der Waals surface area contributed by atoms with Crippen LogP contribution < -0.4 is 10.1 Å². The number of carbonyl (C=O) groups excluding carboxylic acids is 4. The van der Waals surface area contributed by atoms with E-state index < -0.39 is 38.4 Å². The van der Waals surface area contributed by atoms with Gasteiger partial charge in [0.2, 0.25) is 0 Å². The summed E-state index contributed by atoms with van der Waals surface area (Å²) >= 11 is 0. The Morgan fingerprint density at radius 1 is 1.07 bits per heavy atom. The summed E-state index contributed by atoms with van der Waals surface area (Å²) in [6.45, 7) is 2.96. The van der Waals surface area contributed by atoms with Gasteiger partial charge in [-0.1, -0.05) is 6.92 Å². The predicted octanol–water partition coefficient (Wildman–Crippen LogP) is 3.94. The fourth-order valence-corrected chi connectivity index (χ4v) is 4.77. The van der Waals surface area contributed by atoms with E-state index in [0.717, 1.165) is 6.26 Å². The number of Topliss-reactive ketones (excluding diaryl/α,β-unsaturated/α-hetero) is 1. The van der Waals surface area contributed by atoms with E-state index in [0.29, 0.717) is 22.0 Å². The van der Waals surface area contributed by atoms with Crippen molar-refractivity contribution in [3.63, 3.8) is 0 Å². The van der Waals surface area contributed by atoms with Crippen molar-refractivity contribution in [2.75, 3.05) is 25.2 Å². The number of ether oxygens (including phenoxy) is 2. The molecule has 0 bridgehead atoms. The number of amides is 1. The van der Waals surface area contributed by atoms with Crippen molar-refractivity contribution in [3.05, 3.63) is 63.7 Å². The largest absolute Gasteiger partial charge is 0.461 e. The smallest absolute Gasteiger partial charge is 0.342 e. The highest BCUT2D eigenvalue weighted by atomic mass is 33.1. The van der Waals surface area contributed by atoms with Crippen LogP contribution in [-0.2, 0) is 28.0 Å². The lowest BCUT2D eigenvalue weighted by molar-refractivity contribution is -0.768. The van der Waals surface area contributed by atoms with Gasteiger partial charge in [-0.2, -0.15) is 10.2 Å². The van der Waals surface area contributed by atoms with E-state index in [1.165, 1.54) is 49.4 Å². The molecule has 2 rings (SSSR count). The normalized spacial score (nSPS) is 11.9. The molecule has 43 heavy (non-hydrogen) atoms. The Balaban J connectivity index is 2.20. The van der Waals surface area contributed by atoms with Crippen molar-refractivity contribution in [2.45, 2.75) is 39.2 Å². The van der Waals surface area contributed by atoms with Gasteiger partial charge in [0.1, 0.15) is 29.8 Å². The number of hydrogen-bond donors (Lipinski definition) is 1. The Morgan fingerprint density at radius 3 is 2.33 bits per heavy atom. The summed E-state index contributed by atoms with van der Waals surface area (Å²) in [6, 6.07) is 9.99. The minimum Gasteiger partial charge on any atom is -0.461 e. The van der Waals surface area contributed by atoms with Gasteiger partial charge >= 0.3 is 11.9 Å². The Labute approximate surface area is 250 Å². The molecule has 0 spiro atoms. The monoisotopic (exact) mass is 638 g/mol. The van der Waals surface area contributed by atoms with Crippen LogP contribution in [0, 0.1) is 10.1 Å². The summed E-state index contributed by atoms with van der Waals surface area (Å²) < 4.78 is 33.0. The minimum absolute atomic E-state index is 0.0414. The lowest BCUT2D eigenvalue weighted by atomic mass is 10.1. The van der Waals surface area contributed by atoms with Gasteiger partial charge in [-0.15, -0.1) is 10.1 Å². The molecule has 0 aliphatic rings. The number of esters is 2. The van der Waals surface area contributed by atoms with E-state index in [1.807, 2.05) is 0 Å². The third-order valence-electron chi connectivity index (χ3n) is 5.28. The van der Waals surface area contributed by atoms with Crippen molar-refractivity contribution >= 4 is 54.7 Å². The van der Waals surface area contributed by atoms with E-state index in [2.05, 4.69) is 20.4 Å². The number of ketones is 1. The molecule has 17 heteroatoms. The van der Waals surface area contributed by atoms with Crippen molar-refractivity contribution in [3.8, 4) is 5.75 Å². The van der Waals surface area contributed by atoms with Crippen molar-refractivity contribution < 1.29 is 47.0 Å². The van der Waals surface area contributed by atoms with Gasteiger partial charge in [0.25, 0.3) is 11.0 Å². The molecular weight excluding hydrogens is 608 g/mol. The third kappa shape index (κ3) is 13.4. The first-order valence-electron chi connectivity index (χ1n) is 12.7. The maximum Gasteiger partial charge on any atom is 0.342 e. The molecule has 15 nitrogen and oxygen atoms in total. The maximum absolute atomic E-state index is 12.8. The molecule has 1 amide bonds. The SMILES string of the molecule is CCC(CC(=O)Oc1ccc(/N=N/c2ccc(C(=O)NCCC(C)=O)cc2)cc1C(=O)OCCSS(C)(=O)=O)O[N+](=O)[O-]. The lowest BCUT2D eigenvalue weighted by Gasteiger charge is -2.14. The first-order chi connectivity index (χ1) is 20.3. The zero-order chi connectivity index (χ0) is 32.0. The molecule has 0 aliphatic carbocycles. The van der Waals surface area contributed by atoms with Gasteiger partial charge in [0.15, 0.2) is 8.87 Å². The third-order valence-corrected chi connectivity index (χ3v) is 7.82. The van der Waals surface area contributed by atoms with Crippen molar-refractivity contribution in [1.82, 2.24) is 5.32 Å². The number of rotatable bonds is 17. The lowest BCUT2D eigenvalue weighted by Crippen LogP contribution is -2.25. The number of azo groups is 1. The van der Waals surface area contributed by atoms with Gasteiger partial charge in [-0.05, 0) is 66.6 Å². The van der Waals surface area contributed by atoms with Gasteiger partial charge in [0, 0.05) is 30.5 Å². The second-order valence-electron chi connectivity index (χ2n) is 8.83. The maximum atomic E-state index is 12.8. The van der Waals surface area contributed by atoms with Crippen LogP contribution in [0.4, 0.5) is 11.4 Å². The first-order valence-corrected chi connectivity index (χ1v) is 16.1. The molecule has 1 unspecified atom stereocenters. The van der Waals surface area contributed by atoms with Crippen LogP contribution in [0.3, 0.4) is 0 Å². The molecular formula is C26H30N4O11S2. The summed E-state index contributed by atoms with van der Waals surface area (Å²) in [5, 5.41) is 20.4. The molecule has 2 aromatic rings. The minimum atomic E-state index is -3.35. The quantitative estimate of drug-likeness (QED) is 0.0497. The summed E-state index contributed by atoms with van der Waals surface area (Å²) in [4.78, 5) is 63.5. The van der Waals surface area contributed by atoms with Crippen LogP contribution in [0.5, 0.6) is 5.75 Å². The molecule has 0 radical (unpaired) electrons. The molecule has 1 N–H and O–H groups in total. The Hall–Kier alpha value is -4.38. The van der Waals surface area contributed by atoms with Crippen LogP contribution in [-0.4, -0.2) is 68.4 Å². The summed E-state index contributed by atoms with van der Waals surface area (Å²) in [7, 11) is -2.77. The zero-order valence-corrected chi connectivity index (χ0v) is 25.1. The van der Waals surface area contributed by atoms with Gasteiger partial charge in [-0.3, -0.25) is 14.4 Å². The van der Waals surface area contributed by atoms with Crippen LogP contribution in [0.2, 0.25) is 0 Å². The summed E-state index contributed by atoms with van der Waals surface area (Å²) in [5.41, 5.74) is 0.650.